The summed E-state index contributed by atoms with van der Waals surface area (Å²) in [4.78, 5) is 22.5. The van der Waals surface area contributed by atoms with Gasteiger partial charge in [0, 0.05) is 25.1 Å². The maximum Gasteiger partial charge on any atom is 0.337 e. The van der Waals surface area contributed by atoms with Gasteiger partial charge in [0.25, 0.3) is 0 Å². The first kappa shape index (κ1) is 16.9. The number of ether oxygens (including phenoxy) is 2. The third-order valence-electron chi connectivity index (χ3n) is 3.55. The second kappa shape index (κ2) is 5.96. The topological polar surface area (TPSA) is 117 Å². The highest BCUT2D eigenvalue weighted by molar-refractivity contribution is 5.90. The van der Waals surface area contributed by atoms with Crippen LogP contribution >= 0.6 is 0 Å². The van der Waals surface area contributed by atoms with Gasteiger partial charge in [0.05, 0.1) is 6.54 Å². The zero-order chi connectivity index (χ0) is 17.3. The van der Waals surface area contributed by atoms with Crippen molar-refractivity contribution in [1.29, 1.82) is 0 Å². The van der Waals surface area contributed by atoms with Gasteiger partial charge in [0.15, 0.2) is 17.1 Å². The fourth-order valence-electron chi connectivity index (χ4n) is 1.88. The summed E-state index contributed by atoms with van der Waals surface area (Å²) in [7, 11) is 0. The highest BCUT2D eigenvalue weighted by Crippen LogP contribution is 2.41. The Morgan fingerprint density at radius 1 is 1.30 bits per heavy atom. The van der Waals surface area contributed by atoms with Crippen LogP contribution in [0, 0.1) is 0 Å². The first-order valence-corrected chi connectivity index (χ1v) is 7.18. The van der Waals surface area contributed by atoms with Crippen molar-refractivity contribution in [3.8, 4) is 11.5 Å². The Bertz CT molecular complexity index is 630. The fraction of sp³-hybridized carbons (Fsp3) is 0.467. The minimum Gasteiger partial charge on any atom is -0.479 e. The van der Waals surface area contributed by atoms with Gasteiger partial charge in [-0.1, -0.05) is 6.92 Å². The maximum absolute atomic E-state index is 11.8. The van der Waals surface area contributed by atoms with Gasteiger partial charge < -0.3 is 30.3 Å². The lowest BCUT2D eigenvalue weighted by Crippen LogP contribution is -2.47. The molecule has 2 unspecified atom stereocenters. The minimum atomic E-state index is -2.03. The molecule has 1 aromatic rings. The van der Waals surface area contributed by atoms with Crippen molar-refractivity contribution in [2.45, 2.75) is 38.6 Å². The van der Waals surface area contributed by atoms with E-state index in [2.05, 4.69) is 10.6 Å². The zero-order valence-electron chi connectivity index (χ0n) is 13.2. The largest absolute Gasteiger partial charge is 0.479 e. The lowest BCUT2D eigenvalue weighted by Gasteiger charge is -2.20. The van der Waals surface area contributed by atoms with E-state index in [1.807, 2.05) is 13.8 Å². The number of hydrogen-bond acceptors (Lipinski definition) is 5. The second-order valence-electron chi connectivity index (χ2n) is 5.74. The number of hydrogen-bond donors (Lipinski definition) is 4. The summed E-state index contributed by atoms with van der Waals surface area (Å²) in [5.41, 5.74) is -1.57. The van der Waals surface area contributed by atoms with Crippen LogP contribution in [-0.4, -0.2) is 40.1 Å². The van der Waals surface area contributed by atoms with Gasteiger partial charge in [-0.3, -0.25) is 0 Å². The van der Waals surface area contributed by atoms with Crippen LogP contribution in [0.5, 0.6) is 11.5 Å². The molecule has 0 bridgehead atoms. The average Bonchev–Trinajstić information content (AvgIpc) is 2.81. The standard InChI is InChI=1S/C15H20N2O6/c1-4-15(3)22-10-6-5-9(7-11(10)23-15)17-13(20)16-8-14(2,21)12(18)19/h5-7,21H,4,8H2,1-3H3,(H,18,19)(H2,16,17,20). The van der Waals surface area contributed by atoms with Crippen LogP contribution in [0.15, 0.2) is 18.2 Å². The number of carboxylic acids is 1. The minimum absolute atomic E-state index is 0.424. The highest BCUT2D eigenvalue weighted by Gasteiger charge is 2.35. The molecular weight excluding hydrogens is 304 g/mol. The van der Waals surface area contributed by atoms with E-state index in [-0.39, 0.29) is 0 Å². The van der Waals surface area contributed by atoms with E-state index in [1.165, 1.54) is 0 Å². The van der Waals surface area contributed by atoms with E-state index in [0.29, 0.717) is 23.6 Å². The molecule has 1 aliphatic heterocycles. The van der Waals surface area contributed by atoms with Crippen LogP contribution in [0.2, 0.25) is 0 Å². The molecule has 23 heavy (non-hydrogen) atoms. The summed E-state index contributed by atoms with van der Waals surface area (Å²) in [6, 6.07) is 4.30. The molecule has 0 saturated carbocycles. The Morgan fingerprint density at radius 3 is 2.57 bits per heavy atom. The number of benzene rings is 1. The van der Waals surface area contributed by atoms with E-state index < -0.39 is 29.9 Å². The molecule has 4 N–H and O–H groups in total. The normalized spacial score (nSPS) is 21.4. The first-order chi connectivity index (χ1) is 10.6. The molecule has 1 aliphatic rings. The van der Waals surface area contributed by atoms with Crippen molar-refractivity contribution in [2.24, 2.45) is 0 Å². The molecule has 1 aromatic carbocycles. The molecule has 8 heteroatoms. The van der Waals surface area contributed by atoms with Crippen LogP contribution in [0.25, 0.3) is 0 Å². The van der Waals surface area contributed by atoms with Gasteiger partial charge in [-0.2, -0.15) is 0 Å². The molecule has 1 heterocycles. The quantitative estimate of drug-likeness (QED) is 0.653. The van der Waals surface area contributed by atoms with Crippen LogP contribution < -0.4 is 20.1 Å². The van der Waals surface area contributed by atoms with Gasteiger partial charge >= 0.3 is 12.0 Å². The van der Waals surface area contributed by atoms with Crippen molar-refractivity contribution in [2.75, 3.05) is 11.9 Å². The monoisotopic (exact) mass is 324 g/mol. The number of carboxylic acid groups (broad SMARTS) is 1. The average molecular weight is 324 g/mol. The Kier molecular flexibility index (Phi) is 4.37. The second-order valence-corrected chi connectivity index (χ2v) is 5.74. The van der Waals surface area contributed by atoms with E-state index >= 15 is 0 Å². The summed E-state index contributed by atoms with van der Waals surface area (Å²) < 4.78 is 11.4. The summed E-state index contributed by atoms with van der Waals surface area (Å²) in [6.07, 6.45) is 0.662. The smallest absolute Gasteiger partial charge is 0.337 e. The Morgan fingerprint density at radius 2 is 1.96 bits per heavy atom. The van der Waals surface area contributed by atoms with Crippen LogP contribution in [0.1, 0.15) is 27.2 Å². The Balaban J connectivity index is 1.96. The number of aliphatic hydroxyl groups is 1. The van der Waals surface area contributed by atoms with E-state index in [4.69, 9.17) is 14.6 Å². The van der Waals surface area contributed by atoms with Crippen molar-refractivity contribution < 1.29 is 29.3 Å². The Labute approximate surface area is 133 Å². The van der Waals surface area contributed by atoms with Crippen molar-refractivity contribution in [3.05, 3.63) is 18.2 Å². The predicted molar refractivity (Wildman–Crippen MR) is 81.7 cm³/mol. The molecule has 0 radical (unpaired) electrons. The van der Waals surface area contributed by atoms with E-state index in [0.717, 1.165) is 6.92 Å². The molecular formula is C15H20N2O6. The molecule has 0 spiro atoms. The molecule has 126 valence electrons. The van der Waals surface area contributed by atoms with Crippen LogP contribution in [0.3, 0.4) is 0 Å². The molecule has 0 saturated heterocycles. The number of carbonyl (C=O) groups excluding carboxylic acids is 1. The highest BCUT2D eigenvalue weighted by atomic mass is 16.7. The number of fused-ring (bicyclic) bond motifs is 1. The van der Waals surface area contributed by atoms with Crippen LogP contribution in [0.4, 0.5) is 10.5 Å². The van der Waals surface area contributed by atoms with Gasteiger partial charge in [0.1, 0.15) is 0 Å². The number of amides is 2. The molecule has 2 atom stereocenters. The molecule has 8 nitrogen and oxygen atoms in total. The number of nitrogens with one attached hydrogen (secondary N) is 2. The van der Waals surface area contributed by atoms with Crippen molar-refractivity contribution >= 4 is 17.7 Å². The molecule has 0 aromatic heterocycles. The molecule has 0 fully saturated rings. The summed E-state index contributed by atoms with van der Waals surface area (Å²) in [5, 5.41) is 23.1. The number of aliphatic carboxylic acids is 1. The van der Waals surface area contributed by atoms with Crippen molar-refractivity contribution in [3.63, 3.8) is 0 Å². The van der Waals surface area contributed by atoms with Crippen LogP contribution in [-0.2, 0) is 4.79 Å². The van der Waals surface area contributed by atoms with Gasteiger partial charge in [-0.25, -0.2) is 9.59 Å². The summed E-state index contributed by atoms with van der Waals surface area (Å²) >= 11 is 0. The van der Waals surface area contributed by atoms with Crippen molar-refractivity contribution in [1.82, 2.24) is 5.32 Å². The lowest BCUT2D eigenvalue weighted by molar-refractivity contribution is -0.155. The molecule has 0 aliphatic carbocycles. The third-order valence-corrected chi connectivity index (χ3v) is 3.55. The van der Waals surface area contributed by atoms with Gasteiger partial charge in [-0.15, -0.1) is 0 Å². The summed E-state index contributed by atoms with van der Waals surface area (Å²) in [5.74, 6) is -1.03. The molecule has 2 rings (SSSR count). The Hall–Kier alpha value is -2.48. The fourth-order valence-corrected chi connectivity index (χ4v) is 1.88. The van der Waals surface area contributed by atoms with E-state index in [1.54, 1.807) is 18.2 Å². The van der Waals surface area contributed by atoms with Gasteiger partial charge in [0.2, 0.25) is 5.79 Å². The SMILES string of the molecule is CCC1(C)Oc2ccc(NC(=O)NCC(C)(O)C(=O)O)cc2O1. The maximum atomic E-state index is 11.8. The summed E-state index contributed by atoms with van der Waals surface area (Å²) in [6.45, 7) is 4.43. The number of urea groups is 1. The number of carbonyl (C=O) groups is 2. The van der Waals surface area contributed by atoms with Gasteiger partial charge in [-0.05, 0) is 19.1 Å². The lowest BCUT2D eigenvalue weighted by atomic mass is 10.1. The molecule has 2 amide bonds. The zero-order valence-corrected chi connectivity index (χ0v) is 13.2. The number of anilines is 1. The van der Waals surface area contributed by atoms with E-state index in [9.17, 15) is 14.7 Å². The first-order valence-electron chi connectivity index (χ1n) is 7.18. The number of rotatable bonds is 5. The third kappa shape index (κ3) is 3.84. The predicted octanol–water partition coefficient (Wildman–Crippen LogP) is 1.54.